The molecule has 0 saturated heterocycles. The fraction of sp³-hybridized carbons (Fsp3) is 0.182. The molecule has 1 amide bonds. The summed E-state index contributed by atoms with van der Waals surface area (Å²) >= 11 is 0. The molecule has 1 aliphatic heterocycles. The number of amides is 1. The van der Waals surface area contributed by atoms with Gasteiger partial charge in [-0.2, -0.15) is 5.10 Å². The van der Waals surface area contributed by atoms with Crippen LogP contribution >= 0.6 is 0 Å². The highest BCUT2D eigenvalue weighted by Gasteiger charge is 2.28. The molecular weight excluding hydrogens is 336 g/mol. The maximum atomic E-state index is 12.5. The first-order chi connectivity index (χ1) is 13.2. The second-order valence-electron chi connectivity index (χ2n) is 7.15. The van der Waals surface area contributed by atoms with E-state index in [-0.39, 0.29) is 11.8 Å². The van der Waals surface area contributed by atoms with Crippen molar-refractivity contribution in [3.05, 3.63) is 83.8 Å². The molecule has 3 heterocycles. The molecule has 27 heavy (non-hydrogen) atoms. The molecule has 4 aromatic rings. The second-order valence-corrected chi connectivity index (χ2v) is 7.15. The summed E-state index contributed by atoms with van der Waals surface area (Å²) in [4.78, 5) is 12.5. The van der Waals surface area contributed by atoms with Gasteiger partial charge in [0, 0.05) is 43.7 Å². The Kier molecular flexibility index (Phi) is 3.60. The number of hydrogen-bond donors (Lipinski definition) is 1. The minimum atomic E-state index is 0.00173. The number of anilines is 1. The van der Waals surface area contributed by atoms with Gasteiger partial charge in [-0.05, 0) is 28.8 Å². The number of carbonyl (C=O) groups is 1. The Morgan fingerprint density at radius 2 is 1.96 bits per heavy atom. The fourth-order valence-electron chi connectivity index (χ4n) is 4.08. The van der Waals surface area contributed by atoms with E-state index in [1.165, 1.54) is 11.1 Å². The summed E-state index contributed by atoms with van der Waals surface area (Å²) in [6.07, 6.45) is 6.50. The maximum Gasteiger partial charge on any atom is 0.225 e. The van der Waals surface area contributed by atoms with Gasteiger partial charge < -0.3 is 9.88 Å². The Hall–Kier alpha value is -3.34. The van der Waals surface area contributed by atoms with Crippen molar-refractivity contribution in [1.29, 1.82) is 0 Å². The minimum Gasteiger partial charge on any atom is -0.343 e. The molecule has 0 unspecified atom stereocenters. The Morgan fingerprint density at radius 1 is 1.11 bits per heavy atom. The molecule has 5 nitrogen and oxygen atoms in total. The van der Waals surface area contributed by atoms with E-state index < -0.39 is 0 Å². The SMILES string of the molecule is Cn1cc([C@H]2CC(=O)Nc3cccc4c3c2cn4Cc2ccccc2)cn1. The highest BCUT2D eigenvalue weighted by atomic mass is 16.1. The van der Waals surface area contributed by atoms with Crippen molar-refractivity contribution in [2.45, 2.75) is 18.9 Å². The van der Waals surface area contributed by atoms with E-state index in [1.54, 1.807) is 4.68 Å². The average molecular weight is 356 g/mol. The molecular formula is C22H20N4O. The summed E-state index contributed by atoms with van der Waals surface area (Å²) in [5, 5.41) is 8.54. The van der Waals surface area contributed by atoms with Crippen LogP contribution in [0.5, 0.6) is 0 Å². The van der Waals surface area contributed by atoms with Crippen molar-refractivity contribution in [3.63, 3.8) is 0 Å². The number of benzene rings is 2. The largest absolute Gasteiger partial charge is 0.343 e. The molecule has 2 aromatic heterocycles. The predicted molar refractivity (Wildman–Crippen MR) is 106 cm³/mol. The van der Waals surface area contributed by atoms with Gasteiger partial charge >= 0.3 is 0 Å². The molecule has 134 valence electrons. The van der Waals surface area contributed by atoms with E-state index in [1.807, 2.05) is 37.6 Å². The predicted octanol–water partition coefficient (Wildman–Crippen LogP) is 3.90. The third-order valence-electron chi connectivity index (χ3n) is 5.30. The first kappa shape index (κ1) is 15.9. The third kappa shape index (κ3) is 2.72. The molecule has 0 aliphatic carbocycles. The van der Waals surface area contributed by atoms with Crippen LogP contribution in [-0.2, 0) is 18.4 Å². The lowest BCUT2D eigenvalue weighted by molar-refractivity contribution is -0.116. The number of rotatable bonds is 3. The number of nitrogens with one attached hydrogen (secondary N) is 1. The van der Waals surface area contributed by atoms with Gasteiger partial charge in [0.2, 0.25) is 5.91 Å². The molecule has 1 aliphatic rings. The van der Waals surface area contributed by atoms with Crippen LogP contribution in [0.15, 0.2) is 67.1 Å². The van der Waals surface area contributed by atoms with Crippen molar-refractivity contribution in [1.82, 2.24) is 14.3 Å². The molecule has 5 rings (SSSR count). The van der Waals surface area contributed by atoms with Gasteiger partial charge in [0.15, 0.2) is 0 Å². The highest BCUT2D eigenvalue weighted by Crippen LogP contribution is 2.40. The first-order valence-corrected chi connectivity index (χ1v) is 9.13. The van der Waals surface area contributed by atoms with Crippen LogP contribution in [0.3, 0.4) is 0 Å². The van der Waals surface area contributed by atoms with Crippen molar-refractivity contribution in [3.8, 4) is 0 Å². The Labute approximate surface area is 157 Å². The smallest absolute Gasteiger partial charge is 0.225 e. The Morgan fingerprint density at radius 3 is 2.74 bits per heavy atom. The standard InChI is InChI=1S/C22H20N4O/c1-25-13-16(11-23-25)17-10-21(27)24-19-8-5-9-20-22(19)18(17)14-26(20)12-15-6-3-2-4-7-15/h2-9,11,13-14,17H,10,12H2,1H3,(H,24,27)/t17-/m1/s1. The second kappa shape index (κ2) is 6.13. The molecule has 5 heteroatoms. The van der Waals surface area contributed by atoms with Gasteiger partial charge in [0.1, 0.15) is 0 Å². The molecule has 0 fully saturated rings. The topological polar surface area (TPSA) is 51.9 Å². The zero-order valence-electron chi connectivity index (χ0n) is 15.1. The van der Waals surface area contributed by atoms with E-state index in [9.17, 15) is 4.79 Å². The van der Waals surface area contributed by atoms with Gasteiger partial charge in [-0.1, -0.05) is 36.4 Å². The van der Waals surface area contributed by atoms with Crippen molar-refractivity contribution >= 4 is 22.5 Å². The first-order valence-electron chi connectivity index (χ1n) is 9.13. The van der Waals surface area contributed by atoms with Gasteiger partial charge in [-0.15, -0.1) is 0 Å². The summed E-state index contributed by atoms with van der Waals surface area (Å²) in [6.45, 7) is 0.800. The maximum absolute atomic E-state index is 12.5. The number of carbonyl (C=O) groups excluding carboxylic acids is 1. The number of hydrogen-bond acceptors (Lipinski definition) is 2. The fourth-order valence-corrected chi connectivity index (χ4v) is 4.08. The van der Waals surface area contributed by atoms with E-state index in [4.69, 9.17) is 0 Å². The molecule has 1 N–H and O–H groups in total. The molecule has 0 saturated carbocycles. The van der Waals surface area contributed by atoms with Crippen LogP contribution in [0.25, 0.3) is 10.9 Å². The summed E-state index contributed by atoms with van der Waals surface area (Å²) < 4.78 is 4.08. The monoisotopic (exact) mass is 356 g/mol. The van der Waals surface area contributed by atoms with Crippen molar-refractivity contribution < 1.29 is 4.79 Å². The Bertz CT molecular complexity index is 1140. The minimum absolute atomic E-state index is 0.00173. The van der Waals surface area contributed by atoms with Crippen molar-refractivity contribution in [2.24, 2.45) is 7.05 Å². The molecule has 0 bridgehead atoms. The van der Waals surface area contributed by atoms with Crippen LogP contribution < -0.4 is 5.32 Å². The summed E-state index contributed by atoms with van der Waals surface area (Å²) in [6, 6.07) is 16.6. The van der Waals surface area contributed by atoms with E-state index in [0.29, 0.717) is 6.42 Å². The average Bonchev–Trinajstić information content (AvgIpc) is 3.22. The molecule has 2 aromatic carbocycles. The van der Waals surface area contributed by atoms with Gasteiger partial charge in [-0.25, -0.2) is 0 Å². The van der Waals surface area contributed by atoms with Crippen LogP contribution in [0.4, 0.5) is 5.69 Å². The normalized spacial score (nSPS) is 16.3. The lowest BCUT2D eigenvalue weighted by Gasteiger charge is -2.11. The zero-order valence-corrected chi connectivity index (χ0v) is 15.1. The molecule has 1 atom stereocenters. The highest BCUT2D eigenvalue weighted by molar-refractivity contribution is 6.06. The Balaban J connectivity index is 1.70. The van der Waals surface area contributed by atoms with E-state index in [0.717, 1.165) is 28.7 Å². The van der Waals surface area contributed by atoms with Gasteiger partial charge in [0.05, 0.1) is 17.4 Å². The third-order valence-corrected chi connectivity index (χ3v) is 5.30. The van der Waals surface area contributed by atoms with Crippen LogP contribution in [0.1, 0.15) is 29.0 Å². The summed E-state index contributed by atoms with van der Waals surface area (Å²) in [5.41, 5.74) is 5.55. The quantitative estimate of drug-likeness (QED) is 0.605. The molecule has 0 radical (unpaired) electrons. The van der Waals surface area contributed by atoms with Gasteiger partial charge in [0.25, 0.3) is 0 Å². The number of nitrogens with zero attached hydrogens (tertiary/aromatic N) is 3. The molecule has 0 spiro atoms. The lowest BCUT2D eigenvalue weighted by Crippen LogP contribution is -2.13. The summed E-state index contributed by atoms with van der Waals surface area (Å²) in [5.74, 6) is 0.0454. The van der Waals surface area contributed by atoms with Crippen LogP contribution in [0, 0.1) is 0 Å². The van der Waals surface area contributed by atoms with Crippen molar-refractivity contribution in [2.75, 3.05) is 5.32 Å². The number of aryl methyl sites for hydroxylation is 1. The van der Waals surface area contributed by atoms with E-state index >= 15 is 0 Å². The van der Waals surface area contributed by atoms with Crippen LogP contribution in [0.2, 0.25) is 0 Å². The summed E-state index contributed by atoms with van der Waals surface area (Å²) in [7, 11) is 1.91. The van der Waals surface area contributed by atoms with Gasteiger partial charge in [-0.3, -0.25) is 9.48 Å². The zero-order chi connectivity index (χ0) is 18.4. The van der Waals surface area contributed by atoms with Crippen LogP contribution in [-0.4, -0.2) is 20.3 Å². The lowest BCUT2D eigenvalue weighted by atomic mass is 9.91. The number of aromatic nitrogens is 3. The van der Waals surface area contributed by atoms with E-state index in [2.05, 4.69) is 51.5 Å².